The lowest BCUT2D eigenvalue weighted by Crippen LogP contribution is -2.61. The second-order valence-corrected chi connectivity index (χ2v) is 17.2. The minimum absolute atomic E-state index is 0.109. The van der Waals surface area contributed by atoms with E-state index in [2.05, 4.69) is 123 Å². The molecule has 2 fully saturated rings. The summed E-state index contributed by atoms with van der Waals surface area (Å²) in [5.41, 5.74) is 0. The molecule has 15 nitrogen and oxygen atoms in total. The Morgan fingerprint density at radius 1 is 0.457 bits per heavy atom. The van der Waals surface area contributed by atoms with Gasteiger partial charge in [0.25, 0.3) is 0 Å². The Labute approximate surface area is 417 Å². The summed E-state index contributed by atoms with van der Waals surface area (Å²) >= 11 is 0. The van der Waals surface area contributed by atoms with Crippen LogP contribution in [0.2, 0.25) is 0 Å². The number of unbranched alkanes of at least 4 members (excludes halogenated alkanes) is 5. The van der Waals surface area contributed by atoms with Gasteiger partial charge in [-0.05, 0) is 96.3 Å². The summed E-state index contributed by atoms with van der Waals surface area (Å²) in [7, 11) is 0. The number of hydrogen-bond donors (Lipinski definition) is 7. The first-order chi connectivity index (χ1) is 34.0. The number of hydrogen-bond acceptors (Lipinski definition) is 15. The van der Waals surface area contributed by atoms with E-state index < -0.39 is 99.3 Å². The fourth-order valence-corrected chi connectivity index (χ4v) is 7.11. The van der Waals surface area contributed by atoms with E-state index in [-0.39, 0.29) is 19.4 Å². The number of allylic oxidation sites excluding steroid dienone is 18. The van der Waals surface area contributed by atoms with Gasteiger partial charge >= 0.3 is 11.9 Å². The van der Waals surface area contributed by atoms with Crippen molar-refractivity contribution < 1.29 is 73.8 Å². The van der Waals surface area contributed by atoms with E-state index in [0.717, 1.165) is 89.9 Å². The Bertz CT molecular complexity index is 1630. The zero-order valence-corrected chi connectivity index (χ0v) is 41.7. The Morgan fingerprint density at radius 3 is 1.34 bits per heavy atom. The van der Waals surface area contributed by atoms with Crippen LogP contribution in [0.3, 0.4) is 0 Å². The number of carbonyl (C=O) groups is 2. The molecule has 0 aromatic heterocycles. The molecule has 7 N–H and O–H groups in total. The van der Waals surface area contributed by atoms with Crippen molar-refractivity contribution in [3.63, 3.8) is 0 Å². The second kappa shape index (κ2) is 40.7. The average Bonchev–Trinajstić information content (AvgIpc) is 3.35. The van der Waals surface area contributed by atoms with Gasteiger partial charge in [0.2, 0.25) is 0 Å². The monoisotopic (exact) mass is 987 g/mol. The van der Waals surface area contributed by atoms with Crippen molar-refractivity contribution in [1.82, 2.24) is 0 Å². The van der Waals surface area contributed by atoms with Crippen molar-refractivity contribution in [3.05, 3.63) is 109 Å². The third-order valence-electron chi connectivity index (χ3n) is 11.2. The highest BCUT2D eigenvalue weighted by Gasteiger charge is 2.47. The lowest BCUT2D eigenvalue weighted by molar-refractivity contribution is -0.332. The molecule has 0 aliphatic carbocycles. The van der Waals surface area contributed by atoms with Crippen LogP contribution in [0.4, 0.5) is 0 Å². The molecule has 15 heteroatoms. The highest BCUT2D eigenvalue weighted by atomic mass is 16.7. The molecular formula is C55H86O15. The zero-order chi connectivity index (χ0) is 51.0. The van der Waals surface area contributed by atoms with E-state index in [1.807, 2.05) is 0 Å². The zero-order valence-electron chi connectivity index (χ0n) is 41.7. The molecule has 11 atom stereocenters. The predicted molar refractivity (Wildman–Crippen MR) is 270 cm³/mol. The van der Waals surface area contributed by atoms with Crippen molar-refractivity contribution >= 4 is 11.9 Å². The first-order valence-corrected chi connectivity index (χ1v) is 25.5. The molecule has 0 saturated carbocycles. The minimum Gasteiger partial charge on any atom is -0.462 e. The summed E-state index contributed by atoms with van der Waals surface area (Å²) in [6.07, 6.45) is 35.5. The quantitative estimate of drug-likeness (QED) is 0.0186. The molecule has 11 unspecified atom stereocenters. The fraction of sp³-hybridized carbons (Fsp3) is 0.636. The van der Waals surface area contributed by atoms with Crippen LogP contribution in [-0.4, -0.2) is 142 Å². The molecule has 70 heavy (non-hydrogen) atoms. The molecule has 2 saturated heterocycles. The van der Waals surface area contributed by atoms with Gasteiger partial charge in [0.1, 0.15) is 55.4 Å². The lowest BCUT2D eigenvalue weighted by Gasteiger charge is -2.42. The van der Waals surface area contributed by atoms with Crippen LogP contribution < -0.4 is 0 Å². The molecule has 2 aliphatic rings. The van der Waals surface area contributed by atoms with Gasteiger partial charge in [0, 0.05) is 12.8 Å². The van der Waals surface area contributed by atoms with Crippen molar-refractivity contribution in [2.45, 2.75) is 197 Å². The number of rotatable bonds is 37. The summed E-state index contributed by atoms with van der Waals surface area (Å²) < 4.78 is 33.5. The first-order valence-electron chi connectivity index (χ1n) is 25.5. The first kappa shape index (κ1) is 62.3. The van der Waals surface area contributed by atoms with Crippen LogP contribution >= 0.6 is 0 Å². The Hall–Kier alpha value is -3.84. The normalized spacial score (nSPS) is 26.3. The van der Waals surface area contributed by atoms with Crippen LogP contribution in [0.25, 0.3) is 0 Å². The maximum atomic E-state index is 13.0. The summed E-state index contributed by atoms with van der Waals surface area (Å²) in [6, 6.07) is 0. The van der Waals surface area contributed by atoms with Crippen LogP contribution in [0.1, 0.15) is 129 Å². The summed E-state index contributed by atoms with van der Waals surface area (Å²) in [6.45, 7) is 2.25. The molecule has 2 rings (SSSR count). The molecular weight excluding hydrogens is 901 g/mol. The van der Waals surface area contributed by atoms with Gasteiger partial charge in [-0.2, -0.15) is 0 Å². The molecule has 0 radical (unpaired) electrons. The molecule has 0 amide bonds. The predicted octanol–water partition coefficient (Wildman–Crippen LogP) is 7.15. The number of carbonyl (C=O) groups excluding carboxylic acids is 2. The largest absolute Gasteiger partial charge is 0.462 e. The Kier molecular flexibility index (Phi) is 36.2. The van der Waals surface area contributed by atoms with Gasteiger partial charge < -0.3 is 64.2 Å². The van der Waals surface area contributed by atoms with Crippen LogP contribution in [0.5, 0.6) is 0 Å². The van der Waals surface area contributed by atoms with Gasteiger partial charge in [0.05, 0.1) is 19.8 Å². The van der Waals surface area contributed by atoms with Crippen molar-refractivity contribution in [2.75, 3.05) is 26.4 Å². The highest BCUT2D eigenvalue weighted by Crippen LogP contribution is 2.26. The smallest absolute Gasteiger partial charge is 0.306 e. The van der Waals surface area contributed by atoms with E-state index >= 15 is 0 Å². The third kappa shape index (κ3) is 28.3. The lowest BCUT2D eigenvalue weighted by atomic mass is 9.98. The van der Waals surface area contributed by atoms with Crippen molar-refractivity contribution in [3.8, 4) is 0 Å². The van der Waals surface area contributed by atoms with Gasteiger partial charge in [-0.3, -0.25) is 9.59 Å². The van der Waals surface area contributed by atoms with Gasteiger partial charge in [-0.25, -0.2) is 0 Å². The Balaban J connectivity index is 1.85. The molecule has 0 bridgehead atoms. The van der Waals surface area contributed by atoms with E-state index in [0.29, 0.717) is 12.8 Å². The molecule has 0 aromatic carbocycles. The van der Waals surface area contributed by atoms with E-state index in [4.69, 9.17) is 28.4 Å². The summed E-state index contributed by atoms with van der Waals surface area (Å²) in [5, 5.41) is 72.1. The molecule has 0 aromatic rings. The standard InChI is InChI=1S/C55H86O15/c1-3-5-7-9-11-13-15-17-19-20-21-22-24-26-28-30-32-34-36-38-47(58)68-43(40-65-46(57)37-35-33-31-29-27-25-23-18-16-14-12-10-8-6-4-2)41-66-54-53(64)51(62)49(60)45(70-54)42-67-55-52(63)50(61)48(59)44(39-56)69-55/h5-8,11-14,17-19,21-23,26-29,43-45,48-56,59-64H,3-4,9-10,15-16,20,24-25,30-42H2,1-2H3/b7-5-,8-6-,13-11-,14-12-,19-17-,22-21-,23-18-,28-26-,29-27-. The van der Waals surface area contributed by atoms with E-state index in [9.17, 15) is 45.3 Å². The number of aliphatic hydroxyl groups is 7. The third-order valence-corrected chi connectivity index (χ3v) is 11.2. The van der Waals surface area contributed by atoms with Gasteiger partial charge in [-0.1, -0.05) is 130 Å². The van der Waals surface area contributed by atoms with Crippen molar-refractivity contribution in [2.24, 2.45) is 0 Å². The van der Waals surface area contributed by atoms with Gasteiger partial charge in [-0.15, -0.1) is 0 Å². The maximum Gasteiger partial charge on any atom is 0.306 e. The van der Waals surface area contributed by atoms with Crippen LogP contribution in [0, 0.1) is 0 Å². The second-order valence-electron chi connectivity index (χ2n) is 17.2. The summed E-state index contributed by atoms with van der Waals surface area (Å²) in [5.74, 6) is -1.03. The number of ether oxygens (including phenoxy) is 6. The molecule has 2 aliphatic heterocycles. The Morgan fingerprint density at radius 2 is 0.857 bits per heavy atom. The molecule has 396 valence electrons. The maximum absolute atomic E-state index is 13.0. The van der Waals surface area contributed by atoms with E-state index in [1.165, 1.54) is 0 Å². The van der Waals surface area contributed by atoms with Gasteiger partial charge in [0.15, 0.2) is 18.7 Å². The minimum atomic E-state index is -1.78. The molecule has 2 heterocycles. The number of esters is 2. The van der Waals surface area contributed by atoms with Crippen LogP contribution in [-0.2, 0) is 38.0 Å². The summed E-state index contributed by atoms with van der Waals surface area (Å²) in [4.78, 5) is 25.7. The van der Waals surface area contributed by atoms with Crippen LogP contribution in [0.15, 0.2) is 109 Å². The highest BCUT2D eigenvalue weighted by molar-refractivity contribution is 5.70. The van der Waals surface area contributed by atoms with E-state index in [1.54, 1.807) is 0 Å². The molecule has 0 spiro atoms. The topological polar surface area (TPSA) is 231 Å². The number of aliphatic hydroxyl groups excluding tert-OH is 7. The average molecular weight is 987 g/mol. The SMILES string of the molecule is CC/C=C\C/C=C\C/C=C\C/C=C\C/C=C\CCCCCC(=O)OC(COC(=O)CCCC/C=C\C/C=C\C/C=C\C/C=C\CC)COC1OC(COC2OC(CO)C(O)C(O)C2O)C(O)C(O)C1O. The fourth-order valence-electron chi connectivity index (χ4n) is 7.11. The van der Waals surface area contributed by atoms with Crippen molar-refractivity contribution in [1.29, 1.82) is 0 Å².